The summed E-state index contributed by atoms with van der Waals surface area (Å²) in [6.07, 6.45) is 0. The Balaban J connectivity index is 1.75. The van der Waals surface area contributed by atoms with Crippen molar-refractivity contribution in [1.29, 1.82) is 0 Å². The molecule has 0 fully saturated rings. The molecule has 0 saturated heterocycles. The highest BCUT2D eigenvalue weighted by Crippen LogP contribution is 2.33. The molecule has 1 aromatic heterocycles. The molecule has 0 spiro atoms. The first-order valence-corrected chi connectivity index (χ1v) is 7.88. The number of amides is 1. The summed E-state index contributed by atoms with van der Waals surface area (Å²) in [5.74, 6) is 0.517. The lowest BCUT2D eigenvalue weighted by atomic mass is 10.2. The number of benzene rings is 1. The molecule has 1 aliphatic rings. The van der Waals surface area contributed by atoms with Gasteiger partial charge in [-0.3, -0.25) is 4.79 Å². The highest BCUT2D eigenvalue weighted by Gasteiger charge is 2.19. The van der Waals surface area contributed by atoms with Crippen molar-refractivity contribution in [3.8, 4) is 11.5 Å². The second-order valence-corrected chi connectivity index (χ2v) is 5.92. The molecule has 0 bridgehead atoms. The van der Waals surface area contributed by atoms with Crippen molar-refractivity contribution in [3.05, 3.63) is 40.3 Å². The van der Waals surface area contributed by atoms with E-state index in [0.29, 0.717) is 33.5 Å². The summed E-state index contributed by atoms with van der Waals surface area (Å²) in [6.45, 7) is 4.03. The van der Waals surface area contributed by atoms with Crippen LogP contribution in [0.15, 0.2) is 24.3 Å². The van der Waals surface area contributed by atoms with E-state index in [9.17, 15) is 9.59 Å². The van der Waals surface area contributed by atoms with E-state index in [1.54, 1.807) is 38.1 Å². The number of anilines is 1. The molecule has 1 aliphatic heterocycles. The molecule has 120 valence electrons. The van der Waals surface area contributed by atoms with Gasteiger partial charge in [-0.25, -0.2) is 4.79 Å². The first-order valence-electron chi connectivity index (χ1n) is 7.07. The lowest BCUT2D eigenvalue weighted by Crippen LogP contribution is -2.10. The summed E-state index contributed by atoms with van der Waals surface area (Å²) in [7, 11) is 0. The van der Waals surface area contributed by atoms with Gasteiger partial charge in [0.15, 0.2) is 11.5 Å². The van der Waals surface area contributed by atoms with Crippen molar-refractivity contribution in [2.24, 2.45) is 0 Å². The molecule has 2 aromatic rings. The predicted octanol–water partition coefficient (Wildman–Crippen LogP) is 3.21. The number of rotatable bonds is 4. The molecule has 0 unspecified atom stereocenters. The van der Waals surface area contributed by atoms with Gasteiger partial charge in [0.1, 0.15) is 4.88 Å². The number of carbonyl (C=O) groups is 2. The molecule has 0 radical (unpaired) electrons. The number of carbonyl (C=O) groups excluding carboxylic acids is 2. The van der Waals surface area contributed by atoms with Gasteiger partial charge in [-0.2, -0.15) is 0 Å². The fraction of sp³-hybridized carbons (Fsp3) is 0.250. The van der Waals surface area contributed by atoms with Crippen LogP contribution in [0, 0.1) is 6.92 Å². The molecule has 0 aliphatic carbocycles. The minimum Gasteiger partial charge on any atom is -0.462 e. The van der Waals surface area contributed by atoms with Crippen LogP contribution in [0.2, 0.25) is 0 Å². The van der Waals surface area contributed by atoms with E-state index in [-0.39, 0.29) is 18.7 Å². The highest BCUT2D eigenvalue weighted by atomic mass is 32.1. The van der Waals surface area contributed by atoms with Crippen LogP contribution in [0.1, 0.15) is 32.5 Å². The van der Waals surface area contributed by atoms with Crippen LogP contribution in [0.4, 0.5) is 5.00 Å². The molecule has 0 atom stereocenters. The van der Waals surface area contributed by atoms with Crippen molar-refractivity contribution in [2.75, 3.05) is 18.7 Å². The third-order valence-corrected chi connectivity index (χ3v) is 4.38. The minimum atomic E-state index is -0.376. The van der Waals surface area contributed by atoms with Crippen LogP contribution in [0.3, 0.4) is 0 Å². The van der Waals surface area contributed by atoms with Gasteiger partial charge in [-0.05, 0) is 43.7 Å². The fourth-order valence-electron chi connectivity index (χ4n) is 2.16. The van der Waals surface area contributed by atoms with Gasteiger partial charge in [0.25, 0.3) is 5.91 Å². The van der Waals surface area contributed by atoms with Gasteiger partial charge in [0.2, 0.25) is 6.79 Å². The van der Waals surface area contributed by atoms with Gasteiger partial charge in [0, 0.05) is 5.56 Å². The third-order valence-electron chi connectivity index (χ3n) is 3.25. The molecular formula is C16H15NO5S. The monoisotopic (exact) mass is 333 g/mol. The number of esters is 1. The molecule has 7 heteroatoms. The number of aryl methyl sites for hydroxylation is 1. The van der Waals surface area contributed by atoms with Crippen LogP contribution in [0.25, 0.3) is 0 Å². The Morgan fingerprint density at radius 3 is 2.83 bits per heavy atom. The van der Waals surface area contributed by atoms with Crippen LogP contribution in [-0.4, -0.2) is 25.3 Å². The lowest BCUT2D eigenvalue weighted by molar-refractivity contribution is 0.0531. The van der Waals surface area contributed by atoms with E-state index in [0.717, 1.165) is 5.56 Å². The predicted molar refractivity (Wildman–Crippen MR) is 85.5 cm³/mol. The number of hydrogen-bond donors (Lipinski definition) is 1. The maximum absolute atomic E-state index is 12.3. The Hall–Kier alpha value is -2.54. The number of ether oxygens (including phenoxy) is 3. The van der Waals surface area contributed by atoms with E-state index in [1.165, 1.54) is 11.3 Å². The Bertz CT molecular complexity index is 768. The molecule has 1 N–H and O–H groups in total. The van der Waals surface area contributed by atoms with Crippen LogP contribution in [-0.2, 0) is 4.74 Å². The van der Waals surface area contributed by atoms with Crippen molar-refractivity contribution in [3.63, 3.8) is 0 Å². The minimum absolute atomic E-state index is 0.160. The van der Waals surface area contributed by atoms with Gasteiger partial charge in [-0.1, -0.05) is 0 Å². The first kappa shape index (κ1) is 15.4. The standard InChI is InChI=1S/C16H15NO5S/c1-3-20-16(19)14-9(2)6-13(23-14)17-15(18)10-4-5-11-12(7-10)22-8-21-11/h4-7H,3,8H2,1-2H3,(H,17,18). The SMILES string of the molecule is CCOC(=O)c1sc(NC(=O)c2ccc3c(c2)OCO3)cc1C. The van der Waals surface area contributed by atoms with Gasteiger partial charge in [-0.15, -0.1) is 11.3 Å². The van der Waals surface area contributed by atoms with E-state index >= 15 is 0 Å². The number of thiophene rings is 1. The van der Waals surface area contributed by atoms with Gasteiger partial charge < -0.3 is 19.5 Å². The average molecular weight is 333 g/mol. The zero-order valence-corrected chi connectivity index (χ0v) is 13.5. The van der Waals surface area contributed by atoms with Crippen LogP contribution in [0.5, 0.6) is 11.5 Å². The summed E-state index contributed by atoms with van der Waals surface area (Å²) in [5, 5.41) is 3.37. The summed E-state index contributed by atoms with van der Waals surface area (Å²) in [6, 6.07) is 6.74. The molecular weight excluding hydrogens is 318 g/mol. The van der Waals surface area contributed by atoms with Crippen molar-refractivity contribution in [1.82, 2.24) is 0 Å². The molecule has 3 rings (SSSR count). The second-order valence-electron chi connectivity index (χ2n) is 4.87. The maximum Gasteiger partial charge on any atom is 0.348 e. The van der Waals surface area contributed by atoms with Gasteiger partial charge >= 0.3 is 5.97 Å². The lowest BCUT2D eigenvalue weighted by Gasteiger charge is -2.03. The van der Waals surface area contributed by atoms with E-state index in [2.05, 4.69) is 5.32 Å². The fourth-order valence-corrected chi connectivity index (χ4v) is 3.13. The largest absolute Gasteiger partial charge is 0.462 e. The van der Waals surface area contributed by atoms with E-state index in [1.807, 2.05) is 0 Å². The number of hydrogen-bond acceptors (Lipinski definition) is 6. The third kappa shape index (κ3) is 3.14. The van der Waals surface area contributed by atoms with Gasteiger partial charge in [0.05, 0.1) is 11.6 Å². The zero-order valence-electron chi connectivity index (χ0n) is 12.7. The molecule has 1 amide bonds. The topological polar surface area (TPSA) is 73.9 Å². The Morgan fingerprint density at radius 2 is 2.04 bits per heavy atom. The Labute approximate surface area is 137 Å². The summed E-state index contributed by atoms with van der Waals surface area (Å²) >= 11 is 1.19. The van der Waals surface area contributed by atoms with E-state index in [4.69, 9.17) is 14.2 Å². The summed E-state index contributed by atoms with van der Waals surface area (Å²) < 4.78 is 15.5. The molecule has 2 heterocycles. The highest BCUT2D eigenvalue weighted by molar-refractivity contribution is 7.18. The molecule has 0 saturated carbocycles. The number of nitrogens with one attached hydrogen (secondary N) is 1. The summed E-state index contributed by atoms with van der Waals surface area (Å²) in [5.41, 5.74) is 1.23. The quantitative estimate of drug-likeness (QED) is 0.870. The second kappa shape index (κ2) is 6.29. The van der Waals surface area contributed by atoms with E-state index < -0.39 is 0 Å². The molecule has 1 aromatic carbocycles. The normalized spacial score (nSPS) is 12.1. The van der Waals surface area contributed by atoms with Crippen LogP contribution < -0.4 is 14.8 Å². The number of fused-ring (bicyclic) bond motifs is 1. The first-order chi connectivity index (χ1) is 11.1. The van der Waals surface area contributed by atoms with Crippen LogP contribution >= 0.6 is 11.3 Å². The Kier molecular flexibility index (Phi) is 4.20. The maximum atomic E-state index is 12.3. The van der Waals surface area contributed by atoms with Crippen molar-refractivity contribution < 1.29 is 23.8 Å². The average Bonchev–Trinajstić information content (AvgIpc) is 3.13. The van der Waals surface area contributed by atoms with Crippen molar-refractivity contribution in [2.45, 2.75) is 13.8 Å². The zero-order chi connectivity index (χ0) is 16.4. The smallest absolute Gasteiger partial charge is 0.348 e. The van der Waals surface area contributed by atoms with Crippen molar-refractivity contribution >= 4 is 28.2 Å². The molecule has 6 nitrogen and oxygen atoms in total. The molecule has 23 heavy (non-hydrogen) atoms. The Morgan fingerprint density at radius 1 is 1.26 bits per heavy atom. The summed E-state index contributed by atoms with van der Waals surface area (Å²) in [4.78, 5) is 24.6.